The summed E-state index contributed by atoms with van der Waals surface area (Å²) in [6.07, 6.45) is 1.68. The summed E-state index contributed by atoms with van der Waals surface area (Å²) in [5.41, 5.74) is 1.69. The van der Waals surface area contributed by atoms with E-state index in [0.29, 0.717) is 6.54 Å². The van der Waals surface area contributed by atoms with Crippen LogP contribution in [-0.4, -0.2) is 36.2 Å². The van der Waals surface area contributed by atoms with Crippen molar-refractivity contribution in [2.45, 2.75) is 33.2 Å². The van der Waals surface area contributed by atoms with Crippen molar-refractivity contribution >= 4 is 5.97 Å². The molecule has 1 saturated heterocycles. The monoisotopic (exact) mass is 277 g/mol. The first kappa shape index (κ1) is 14.9. The lowest BCUT2D eigenvalue weighted by atomic mass is 9.82. The summed E-state index contributed by atoms with van der Waals surface area (Å²) in [5, 5.41) is 9.37. The molecule has 1 N–H and O–H groups in total. The Labute approximate surface area is 120 Å². The van der Waals surface area contributed by atoms with E-state index in [1.807, 2.05) is 19.1 Å². The van der Waals surface area contributed by atoms with Crippen LogP contribution in [0.5, 0.6) is 5.75 Å². The molecule has 1 atom stereocenters. The van der Waals surface area contributed by atoms with Crippen molar-refractivity contribution in [3.8, 4) is 5.75 Å². The molecule has 0 aliphatic carbocycles. The number of nitrogens with zero attached hydrogens (tertiary/aromatic N) is 1. The Morgan fingerprint density at radius 2 is 2.25 bits per heavy atom. The molecule has 0 spiro atoms. The standard InChI is InChI=1S/C16H23NO3/c1-12-5-6-14(20-3)13(9-12)10-17-8-4-7-16(2,11-17)15(18)19/h5-6,9H,4,7-8,10-11H2,1-3H3,(H,18,19). The molecule has 1 fully saturated rings. The minimum absolute atomic E-state index is 0.597. The number of hydrogen-bond donors (Lipinski definition) is 1. The molecule has 4 heteroatoms. The summed E-state index contributed by atoms with van der Waals surface area (Å²) in [7, 11) is 1.67. The highest BCUT2D eigenvalue weighted by molar-refractivity contribution is 5.74. The number of carboxylic acids is 1. The lowest BCUT2D eigenvalue weighted by Gasteiger charge is -2.37. The average molecular weight is 277 g/mol. The van der Waals surface area contributed by atoms with Crippen molar-refractivity contribution in [2.75, 3.05) is 20.2 Å². The number of aryl methyl sites for hydroxylation is 1. The molecule has 1 aromatic carbocycles. The number of carboxylic acid groups (broad SMARTS) is 1. The van der Waals surface area contributed by atoms with Crippen molar-refractivity contribution < 1.29 is 14.6 Å². The second kappa shape index (κ2) is 5.83. The fourth-order valence-corrected chi connectivity index (χ4v) is 2.93. The van der Waals surface area contributed by atoms with Gasteiger partial charge < -0.3 is 9.84 Å². The molecule has 110 valence electrons. The highest BCUT2D eigenvalue weighted by Gasteiger charge is 2.37. The third-order valence-electron chi connectivity index (χ3n) is 4.12. The molecule has 0 amide bonds. The summed E-state index contributed by atoms with van der Waals surface area (Å²) < 4.78 is 5.40. The van der Waals surface area contributed by atoms with E-state index >= 15 is 0 Å². The van der Waals surface area contributed by atoms with Crippen molar-refractivity contribution in [3.05, 3.63) is 29.3 Å². The lowest BCUT2D eigenvalue weighted by Crippen LogP contribution is -2.45. The van der Waals surface area contributed by atoms with Crippen molar-refractivity contribution in [1.29, 1.82) is 0 Å². The second-order valence-electron chi connectivity index (χ2n) is 6.00. The van der Waals surface area contributed by atoms with E-state index in [1.165, 1.54) is 5.56 Å². The first-order valence-corrected chi connectivity index (χ1v) is 7.04. The summed E-state index contributed by atoms with van der Waals surface area (Å²) >= 11 is 0. The molecule has 1 aromatic rings. The molecule has 1 unspecified atom stereocenters. The van der Waals surface area contributed by atoms with Gasteiger partial charge in [0.2, 0.25) is 0 Å². The average Bonchev–Trinajstić information content (AvgIpc) is 2.39. The summed E-state index contributed by atoms with van der Waals surface area (Å²) in [6.45, 7) is 6.18. The van der Waals surface area contributed by atoms with Gasteiger partial charge in [0.05, 0.1) is 12.5 Å². The van der Waals surface area contributed by atoms with Crippen LogP contribution in [0.25, 0.3) is 0 Å². The molecule has 1 heterocycles. The zero-order valence-electron chi connectivity index (χ0n) is 12.5. The van der Waals surface area contributed by atoms with Gasteiger partial charge in [0.15, 0.2) is 0 Å². The number of rotatable bonds is 4. The van der Waals surface area contributed by atoms with Gasteiger partial charge in [-0.1, -0.05) is 17.7 Å². The van der Waals surface area contributed by atoms with Crippen LogP contribution in [0.15, 0.2) is 18.2 Å². The summed E-state index contributed by atoms with van der Waals surface area (Å²) in [4.78, 5) is 13.6. The molecule has 20 heavy (non-hydrogen) atoms. The molecule has 0 bridgehead atoms. The molecular weight excluding hydrogens is 254 g/mol. The predicted molar refractivity (Wildman–Crippen MR) is 78.0 cm³/mol. The van der Waals surface area contributed by atoms with Crippen molar-refractivity contribution in [3.63, 3.8) is 0 Å². The van der Waals surface area contributed by atoms with Gasteiger partial charge in [-0.05, 0) is 39.3 Å². The number of aliphatic carboxylic acids is 1. The Morgan fingerprint density at radius 1 is 1.50 bits per heavy atom. The van der Waals surface area contributed by atoms with Gasteiger partial charge in [0, 0.05) is 18.7 Å². The van der Waals surface area contributed by atoms with Gasteiger partial charge in [-0.2, -0.15) is 0 Å². The SMILES string of the molecule is COc1ccc(C)cc1CN1CCCC(C)(C(=O)O)C1. The highest BCUT2D eigenvalue weighted by Crippen LogP contribution is 2.31. The van der Waals surface area contributed by atoms with E-state index in [1.54, 1.807) is 7.11 Å². The second-order valence-corrected chi connectivity index (χ2v) is 6.00. The smallest absolute Gasteiger partial charge is 0.310 e. The Hall–Kier alpha value is -1.55. The maximum absolute atomic E-state index is 11.4. The largest absolute Gasteiger partial charge is 0.496 e. The quantitative estimate of drug-likeness (QED) is 0.919. The molecule has 4 nitrogen and oxygen atoms in total. The van der Waals surface area contributed by atoms with Crippen LogP contribution in [0.3, 0.4) is 0 Å². The highest BCUT2D eigenvalue weighted by atomic mass is 16.5. The number of benzene rings is 1. The molecule has 0 saturated carbocycles. The topological polar surface area (TPSA) is 49.8 Å². The minimum Gasteiger partial charge on any atom is -0.496 e. The third-order valence-corrected chi connectivity index (χ3v) is 4.12. The fourth-order valence-electron chi connectivity index (χ4n) is 2.93. The molecule has 1 aliphatic heterocycles. The van der Waals surface area contributed by atoms with Gasteiger partial charge in [-0.15, -0.1) is 0 Å². The Morgan fingerprint density at radius 3 is 2.90 bits per heavy atom. The number of hydrogen-bond acceptors (Lipinski definition) is 3. The van der Waals surface area contributed by atoms with E-state index in [0.717, 1.165) is 37.2 Å². The van der Waals surface area contributed by atoms with Crippen molar-refractivity contribution in [2.24, 2.45) is 5.41 Å². The fraction of sp³-hybridized carbons (Fsp3) is 0.562. The first-order chi connectivity index (χ1) is 9.44. The maximum atomic E-state index is 11.4. The zero-order chi connectivity index (χ0) is 14.8. The Kier molecular flexibility index (Phi) is 4.33. The molecule has 0 radical (unpaired) electrons. The lowest BCUT2D eigenvalue weighted by molar-refractivity contribution is -0.151. The van der Waals surface area contributed by atoms with E-state index in [9.17, 15) is 9.90 Å². The van der Waals surface area contributed by atoms with E-state index in [2.05, 4.69) is 17.9 Å². The van der Waals surface area contributed by atoms with Crippen LogP contribution in [0.2, 0.25) is 0 Å². The van der Waals surface area contributed by atoms with Crippen molar-refractivity contribution in [1.82, 2.24) is 4.90 Å². The normalized spacial score (nSPS) is 23.6. The Balaban J connectivity index is 2.14. The number of carbonyl (C=O) groups is 1. The van der Waals surface area contributed by atoms with Gasteiger partial charge >= 0.3 is 5.97 Å². The number of ether oxygens (including phenoxy) is 1. The number of likely N-dealkylation sites (tertiary alicyclic amines) is 1. The van der Waals surface area contributed by atoms with Crippen LogP contribution in [0, 0.1) is 12.3 Å². The zero-order valence-corrected chi connectivity index (χ0v) is 12.5. The van der Waals surface area contributed by atoms with Crippen LogP contribution in [0.4, 0.5) is 0 Å². The number of piperidine rings is 1. The van der Waals surface area contributed by atoms with Gasteiger partial charge in [-0.25, -0.2) is 0 Å². The minimum atomic E-state index is -0.696. The first-order valence-electron chi connectivity index (χ1n) is 7.04. The summed E-state index contributed by atoms with van der Waals surface area (Å²) in [5.74, 6) is 0.177. The maximum Gasteiger partial charge on any atom is 0.310 e. The van der Waals surface area contributed by atoms with Gasteiger partial charge in [0.1, 0.15) is 5.75 Å². The van der Waals surface area contributed by atoms with E-state index in [-0.39, 0.29) is 0 Å². The summed E-state index contributed by atoms with van der Waals surface area (Å²) in [6, 6.07) is 6.12. The van der Waals surface area contributed by atoms with Crippen LogP contribution < -0.4 is 4.74 Å². The molecular formula is C16H23NO3. The molecule has 0 aromatic heterocycles. The van der Waals surface area contributed by atoms with Gasteiger partial charge in [-0.3, -0.25) is 9.69 Å². The van der Waals surface area contributed by atoms with E-state index < -0.39 is 11.4 Å². The van der Waals surface area contributed by atoms with Crippen LogP contribution >= 0.6 is 0 Å². The Bertz CT molecular complexity index is 500. The van der Waals surface area contributed by atoms with Crippen LogP contribution in [0.1, 0.15) is 30.9 Å². The molecule has 2 rings (SSSR count). The molecule has 1 aliphatic rings. The van der Waals surface area contributed by atoms with Crippen LogP contribution in [-0.2, 0) is 11.3 Å². The van der Waals surface area contributed by atoms with E-state index in [4.69, 9.17) is 4.74 Å². The van der Waals surface area contributed by atoms with Gasteiger partial charge in [0.25, 0.3) is 0 Å². The number of methoxy groups -OCH3 is 1. The third kappa shape index (κ3) is 3.12. The predicted octanol–water partition coefficient (Wildman–Crippen LogP) is 2.69.